The Morgan fingerprint density at radius 2 is 1.79 bits per heavy atom. The van der Waals surface area contributed by atoms with Crippen LogP contribution in [0, 0.1) is 0 Å². The van der Waals surface area contributed by atoms with Crippen molar-refractivity contribution >= 4 is 35.2 Å². The van der Waals surface area contributed by atoms with Crippen molar-refractivity contribution < 1.29 is 14.3 Å². The van der Waals surface area contributed by atoms with E-state index in [-0.39, 0.29) is 17.6 Å². The molecule has 2 aromatic carbocycles. The van der Waals surface area contributed by atoms with Crippen LogP contribution in [0.4, 0.5) is 0 Å². The largest absolute Gasteiger partial charge is 0.497 e. The van der Waals surface area contributed by atoms with Gasteiger partial charge in [0.25, 0.3) is 0 Å². The van der Waals surface area contributed by atoms with Gasteiger partial charge in [-0.15, -0.1) is 11.8 Å². The van der Waals surface area contributed by atoms with E-state index < -0.39 is 6.04 Å². The van der Waals surface area contributed by atoms with Crippen LogP contribution in [0.2, 0.25) is 5.02 Å². The van der Waals surface area contributed by atoms with Crippen LogP contribution in [0.5, 0.6) is 5.75 Å². The lowest BCUT2D eigenvalue weighted by molar-refractivity contribution is -0.138. The first-order chi connectivity index (χ1) is 13.9. The lowest BCUT2D eigenvalue weighted by atomic mass is 10.1. The summed E-state index contributed by atoms with van der Waals surface area (Å²) in [5.74, 6) is 0.743. The minimum atomic E-state index is -0.568. The minimum Gasteiger partial charge on any atom is -0.497 e. The summed E-state index contributed by atoms with van der Waals surface area (Å²) in [5, 5.41) is 3.53. The first-order valence-corrected chi connectivity index (χ1v) is 10.9. The number of halogens is 1. The van der Waals surface area contributed by atoms with Gasteiger partial charge in [0, 0.05) is 23.0 Å². The second-order valence-corrected chi connectivity index (χ2v) is 8.06. The second kappa shape index (κ2) is 11.7. The van der Waals surface area contributed by atoms with Crippen LogP contribution in [-0.4, -0.2) is 42.2 Å². The molecular formula is C22H27ClN2O3S. The molecule has 0 bridgehead atoms. The topological polar surface area (TPSA) is 58.6 Å². The molecule has 0 aliphatic carbocycles. The summed E-state index contributed by atoms with van der Waals surface area (Å²) in [7, 11) is 1.61. The fourth-order valence-corrected chi connectivity index (χ4v) is 3.58. The van der Waals surface area contributed by atoms with Gasteiger partial charge < -0.3 is 15.0 Å². The van der Waals surface area contributed by atoms with Gasteiger partial charge in [0.15, 0.2) is 0 Å². The molecule has 0 spiro atoms. The molecule has 0 heterocycles. The van der Waals surface area contributed by atoms with Crippen molar-refractivity contribution in [2.24, 2.45) is 0 Å². The number of carbonyl (C=O) groups excluding carboxylic acids is 2. The molecule has 0 aliphatic heterocycles. The Morgan fingerprint density at radius 3 is 2.38 bits per heavy atom. The summed E-state index contributed by atoms with van der Waals surface area (Å²) in [4.78, 5) is 28.1. The fraction of sp³-hybridized carbons (Fsp3) is 0.364. The van der Waals surface area contributed by atoms with E-state index in [0.29, 0.717) is 18.1 Å². The van der Waals surface area contributed by atoms with E-state index in [1.807, 2.05) is 43.3 Å². The third-order valence-corrected chi connectivity index (χ3v) is 5.65. The monoisotopic (exact) mass is 434 g/mol. The number of hydrogen-bond donors (Lipinski definition) is 1. The molecule has 0 fully saturated rings. The van der Waals surface area contributed by atoms with E-state index in [9.17, 15) is 9.59 Å². The Bertz CT molecular complexity index is 797. The highest BCUT2D eigenvalue weighted by molar-refractivity contribution is 8.00. The molecule has 0 aliphatic rings. The predicted octanol–water partition coefficient (Wildman–Crippen LogP) is 4.38. The maximum absolute atomic E-state index is 13.0. The molecule has 1 N–H and O–H groups in total. The minimum absolute atomic E-state index is 0.0973. The molecule has 5 nitrogen and oxygen atoms in total. The van der Waals surface area contributed by atoms with Gasteiger partial charge in [-0.05, 0) is 55.3 Å². The average Bonchev–Trinajstić information content (AvgIpc) is 2.75. The molecule has 1 atom stereocenters. The van der Waals surface area contributed by atoms with E-state index in [1.54, 1.807) is 31.1 Å². The number of nitrogens with zero attached hydrogens (tertiary/aromatic N) is 1. The smallest absolute Gasteiger partial charge is 0.242 e. The number of methoxy groups -OCH3 is 1. The number of benzene rings is 2. The van der Waals surface area contributed by atoms with Crippen LogP contribution in [0.3, 0.4) is 0 Å². The van der Waals surface area contributed by atoms with Crippen LogP contribution >= 0.6 is 23.4 Å². The molecule has 2 aromatic rings. The second-order valence-electron chi connectivity index (χ2n) is 6.58. The van der Waals surface area contributed by atoms with Crippen LogP contribution in [0.25, 0.3) is 0 Å². The Kier molecular flexibility index (Phi) is 9.35. The van der Waals surface area contributed by atoms with Crippen molar-refractivity contribution in [1.82, 2.24) is 10.2 Å². The number of amides is 2. The summed E-state index contributed by atoms with van der Waals surface area (Å²) >= 11 is 7.34. The number of rotatable bonds is 10. The van der Waals surface area contributed by atoms with Crippen molar-refractivity contribution in [1.29, 1.82) is 0 Å². The van der Waals surface area contributed by atoms with Gasteiger partial charge in [0.1, 0.15) is 11.8 Å². The van der Waals surface area contributed by atoms with Crippen LogP contribution in [0.1, 0.15) is 25.8 Å². The fourth-order valence-electron chi connectivity index (χ4n) is 2.66. The van der Waals surface area contributed by atoms with Crippen molar-refractivity contribution in [2.75, 3.05) is 19.4 Å². The highest BCUT2D eigenvalue weighted by Gasteiger charge is 2.26. The van der Waals surface area contributed by atoms with E-state index in [2.05, 4.69) is 5.32 Å². The van der Waals surface area contributed by atoms with Gasteiger partial charge in [-0.25, -0.2) is 0 Å². The number of hydrogen-bond acceptors (Lipinski definition) is 4. The summed E-state index contributed by atoms with van der Waals surface area (Å²) in [5.41, 5.74) is 0.936. The van der Waals surface area contributed by atoms with Crippen molar-refractivity contribution in [2.45, 2.75) is 37.8 Å². The maximum Gasteiger partial charge on any atom is 0.242 e. The Hall–Kier alpha value is -2.18. The molecule has 156 valence electrons. The molecule has 2 amide bonds. The molecular weight excluding hydrogens is 408 g/mol. The maximum atomic E-state index is 13.0. The van der Waals surface area contributed by atoms with Crippen molar-refractivity contribution in [3.63, 3.8) is 0 Å². The van der Waals surface area contributed by atoms with Gasteiger partial charge >= 0.3 is 0 Å². The van der Waals surface area contributed by atoms with Crippen LogP contribution in [-0.2, 0) is 16.1 Å². The zero-order chi connectivity index (χ0) is 21.2. The van der Waals surface area contributed by atoms with Crippen LogP contribution < -0.4 is 10.1 Å². The van der Waals surface area contributed by atoms with E-state index in [1.165, 1.54) is 11.8 Å². The average molecular weight is 435 g/mol. The lowest BCUT2D eigenvalue weighted by Gasteiger charge is -2.28. The molecule has 0 unspecified atom stereocenters. The molecule has 0 aromatic heterocycles. The van der Waals surface area contributed by atoms with E-state index >= 15 is 0 Å². The zero-order valence-corrected chi connectivity index (χ0v) is 18.6. The zero-order valence-electron chi connectivity index (χ0n) is 17.0. The summed E-state index contributed by atoms with van der Waals surface area (Å²) in [6.07, 6.45) is 0.845. The van der Waals surface area contributed by atoms with E-state index in [4.69, 9.17) is 16.3 Å². The molecule has 0 radical (unpaired) electrons. The van der Waals surface area contributed by atoms with E-state index in [0.717, 1.165) is 22.6 Å². The number of ether oxygens (including phenoxy) is 1. The number of carbonyl (C=O) groups is 2. The van der Waals surface area contributed by atoms with Crippen LogP contribution in [0.15, 0.2) is 53.4 Å². The third-order valence-electron chi connectivity index (χ3n) is 4.40. The number of nitrogens with one attached hydrogen (secondary N) is 1. The highest BCUT2D eigenvalue weighted by Crippen LogP contribution is 2.22. The first-order valence-electron chi connectivity index (χ1n) is 9.53. The number of thioether (sulfide) groups is 1. The summed E-state index contributed by atoms with van der Waals surface area (Å²) in [6.45, 7) is 4.70. The molecule has 7 heteroatoms. The summed E-state index contributed by atoms with van der Waals surface area (Å²) < 4.78 is 5.19. The molecule has 0 saturated heterocycles. The van der Waals surface area contributed by atoms with Gasteiger partial charge in [-0.3, -0.25) is 9.59 Å². The predicted molar refractivity (Wildman–Crippen MR) is 118 cm³/mol. The third kappa shape index (κ3) is 7.29. The Balaban J connectivity index is 2.11. The molecule has 29 heavy (non-hydrogen) atoms. The summed E-state index contributed by atoms with van der Waals surface area (Å²) in [6, 6.07) is 14.3. The Labute approximate surface area is 181 Å². The first kappa shape index (κ1) is 23.1. The van der Waals surface area contributed by atoms with Gasteiger partial charge in [-0.1, -0.05) is 30.7 Å². The van der Waals surface area contributed by atoms with Gasteiger partial charge in [-0.2, -0.15) is 0 Å². The molecule has 2 rings (SSSR count). The molecule has 0 saturated carbocycles. The van der Waals surface area contributed by atoms with Gasteiger partial charge in [0.2, 0.25) is 11.8 Å². The lowest BCUT2D eigenvalue weighted by Crippen LogP contribution is -2.48. The van der Waals surface area contributed by atoms with Crippen molar-refractivity contribution in [3.05, 3.63) is 59.1 Å². The van der Waals surface area contributed by atoms with Crippen molar-refractivity contribution in [3.8, 4) is 5.75 Å². The normalized spacial score (nSPS) is 11.6. The Morgan fingerprint density at radius 1 is 1.14 bits per heavy atom. The van der Waals surface area contributed by atoms with Gasteiger partial charge in [0.05, 0.1) is 12.9 Å². The SMILES string of the molecule is CCCNC(=O)[C@H](C)N(Cc1ccc(OC)cc1)C(=O)CSc1ccc(Cl)cc1. The standard InChI is InChI=1S/C22H27ClN2O3S/c1-4-13-24-22(27)16(2)25(14-17-5-9-19(28-3)10-6-17)21(26)15-29-20-11-7-18(23)8-12-20/h5-12,16H,4,13-15H2,1-3H3,(H,24,27)/t16-/m0/s1. The quantitative estimate of drug-likeness (QED) is 0.563. The highest BCUT2D eigenvalue weighted by atomic mass is 35.5.